The van der Waals surface area contributed by atoms with Crippen LogP contribution in [0.15, 0.2) is 12.1 Å². The number of anilines is 1. The van der Waals surface area contributed by atoms with E-state index in [-0.39, 0.29) is 18.2 Å². The molecule has 1 saturated carbocycles. The summed E-state index contributed by atoms with van der Waals surface area (Å²) in [6.07, 6.45) is 4.19. The van der Waals surface area contributed by atoms with Gasteiger partial charge in [-0.2, -0.15) is 5.26 Å². The number of hydrogen-bond acceptors (Lipinski definition) is 3. The number of halogens is 2. The molecule has 0 saturated heterocycles. The lowest BCUT2D eigenvalue weighted by atomic mass is 9.92. The van der Waals surface area contributed by atoms with Gasteiger partial charge in [0.05, 0.1) is 12.2 Å². The van der Waals surface area contributed by atoms with Crippen LogP contribution in [0, 0.1) is 23.0 Å². The molecule has 0 radical (unpaired) electrons. The van der Waals surface area contributed by atoms with Gasteiger partial charge in [-0.1, -0.05) is 0 Å². The highest BCUT2D eigenvalue weighted by Gasteiger charge is 2.22. The average Bonchev–Trinajstić information content (AvgIpc) is 2.40. The summed E-state index contributed by atoms with van der Waals surface area (Å²) in [4.78, 5) is 0. The Kier molecular flexibility index (Phi) is 5.13. The lowest BCUT2D eigenvalue weighted by Crippen LogP contribution is -2.31. The molecular weight excluding hydrogens is 274 g/mol. The predicted octanol–water partition coefficient (Wildman–Crippen LogP) is 3.98. The number of benzene rings is 1. The Hall–Kier alpha value is -1.67. The number of nitriles is 1. The third-order valence-corrected chi connectivity index (χ3v) is 3.66. The third-order valence-electron chi connectivity index (χ3n) is 3.66. The summed E-state index contributed by atoms with van der Waals surface area (Å²) in [5.74, 6) is -1.64. The normalized spacial score (nSPS) is 22.1. The van der Waals surface area contributed by atoms with Crippen LogP contribution in [0.5, 0.6) is 0 Å². The maximum absolute atomic E-state index is 13.5. The summed E-state index contributed by atoms with van der Waals surface area (Å²) < 4.78 is 32.9. The highest BCUT2D eigenvalue weighted by Crippen LogP contribution is 2.26. The first-order valence-electron chi connectivity index (χ1n) is 7.30. The second-order valence-electron chi connectivity index (χ2n) is 5.73. The zero-order valence-electron chi connectivity index (χ0n) is 12.3. The van der Waals surface area contributed by atoms with Crippen molar-refractivity contribution >= 4 is 5.69 Å². The average molecular weight is 294 g/mol. The molecule has 1 aromatic rings. The predicted molar refractivity (Wildman–Crippen MR) is 77.0 cm³/mol. The molecule has 0 atom stereocenters. The fourth-order valence-corrected chi connectivity index (χ4v) is 2.73. The van der Waals surface area contributed by atoms with E-state index in [4.69, 9.17) is 10.00 Å². The summed E-state index contributed by atoms with van der Waals surface area (Å²) >= 11 is 0. The highest BCUT2D eigenvalue weighted by molar-refractivity contribution is 5.49. The van der Waals surface area contributed by atoms with E-state index in [1.807, 2.05) is 13.8 Å². The Bertz CT molecular complexity index is 509. The van der Waals surface area contributed by atoms with Crippen LogP contribution in [0.2, 0.25) is 0 Å². The van der Waals surface area contributed by atoms with E-state index in [0.29, 0.717) is 5.69 Å². The minimum atomic E-state index is -0.822. The van der Waals surface area contributed by atoms with Crippen molar-refractivity contribution in [2.24, 2.45) is 0 Å². The number of ether oxygens (including phenoxy) is 1. The third kappa shape index (κ3) is 4.15. The van der Waals surface area contributed by atoms with Gasteiger partial charge < -0.3 is 10.1 Å². The molecule has 0 heterocycles. The molecule has 1 N–H and O–H groups in total. The molecule has 0 amide bonds. The molecule has 0 aliphatic heterocycles. The Morgan fingerprint density at radius 2 is 1.76 bits per heavy atom. The molecule has 1 aliphatic carbocycles. The summed E-state index contributed by atoms with van der Waals surface area (Å²) in [7, 11) is 0. The van der Waals surface area contributed by atoms with Crippen molar-refractivity contribution < 1.29 is 13.5 Å². The molecule has 0 bridgehead atoms. The molecule has 21 heavy (non-hydrogen) atoms. The van der Waals surface area contributed by atoms with Crippen molar-refractivity contribution in [3.63, 3.8) is 0 Å². The monoisotopic (exact) mass is 294 g/mol. The Morgan fingerprint density at radius 1 is 1.19 bits per heavy atom. The number of hydrogen-bond donors (Lipinski definition) is 1. The van der Waals surface area contributed by atoms with Crippen molar-refractivity contribution in [1.29, 1.82) is 5.26 Å². The van der Waals surface area contributed by atoms with Gasteiger partial charge in [-0.15, -0.1) is 0 Å². The molecule has 0 aromatic heterocycles. The standard InChI is InChI=1S/C16H20F2N2O/c1-10(2)21-13-5-3-11(4-6-13)20-12-7-15(17)14(9-19)16(18)8-12/h7-8,10-11,13,20H,3-6H2,1-2H3. The van der Waals surface area contributed by atoms with Crippen molar-refractivity contribution in [3.8, 4) is 6.07 Å². The molecule has 0 spiro atoms. The first-order valence-corrected chi connectivity index (χ1v) is 7.30. The van der Waals surface area contributed by atoms with E-state index >= 15 is 0 Å². The van der Waals surface area contributed by atoms with Crippen LogP contribution >= 0.6 is 0 Å². The first-order chi connectivity index (χ1) is 9.99. The van der Waals surface area contributed by atoms with E-state index in [2.05, 4.69) is 5.32 Å². The van der Waals surface area contributed by atoms with Gasteiger partial charge >= 0.3 is 0 Å². The molecule has 114 valence electrons. The van der Waals surface area contributed by atoms with Crippen LogP contribution in [0.25, 0.3) is 0 Å². The molecule has 0 unspecified atom stereocenters. The van der Waals surface area contributed by atoms with Gasteiger partial charge in [0.25, 0.3) is 0 Å². The van der Waals surface area contributed by atoms with Crippen LogP contribution in [-0.4, -0.2) is 18.2 Å². The second-order valence-corrected chi connectivity index (χ2v) is 5.73. The van der Waals surface area contributed by atoms with Crippen molar-refractivity contribution in [1.82, 2.24) is 0 Å². The maximum Gasteiger partial charge on any atom is 0.146 e. The van der Waals surface area contributed by atoms with Gasteiger partial charge in [0.1, 0.15) is 23.3 Å². The number of nitrogens with zero attached hydrogens (tertiary/aromatic N) is 1. The minimum absolute atomic E-state index is 0.184. The lowest BCUT2D eigenvalue weighted by molar-refractivity contribution is -0.0133. The summed E-state index contributed by atoms with van der Waals surface area (Å²) in [5.41, 5.74) is -0.146. The van der Waals surface area contributed by atoms with Crippen LogP contribution in [0.4, 0.5) is 14.5 Å². The Balaban J connectivity index is 1.94. The molecule has 1 aromatic carbocycles. The molecule has 1 aliphatic rings. The minimum Gasteiger partial charge on any atom is -0.382 e. The van der Waals surface area contributed by atoms with E-state index in [0.717, 1.165) is 25.7 Å². The molecule has 1 fully saturated rings. The molecular formula is C16H20F2N2O. The topological polar surface area (TPSA) is 45.0 Å². The number of rotatable bonds is 4. The van der Waals surface area contributed by atoms with E-state index in [1.165, 1.54) is 18.2 Å². The van der Waals surface area contributed by atoms with Crippen LogP contribution < -0.4 is 5.32 Å². The summed E-state index contributed by atoms with van der Waals surface area (Å²) in [6, 6.07) is 4.07. The molecule has 3 nitrogen and oxygen atoms in total. The van der Waals surface area contributed by atoms with Crippen LogP contribution in [0.3, 0.4) is 0 Å². The second kappa shape index (κ2) is 6.86. The zero-order valence-corrected chi connectivity index (χ0v) is 12.3. The van der Waals surface area contributed by atoms with E-state index in [9.17, 15) is 8.78 Å². The van der Waals surface area contributed by atoms with Crippen molar-refractivity contribution in [2.45, 2.75) is 57.8 Å². The lowest BCUT2D eigenvalue weighted by Gasteiger charge is -2.30. The van der Waals surface area contributed by atoms with Gasteiger partial charge in [-0.3, -0.25) is 0 Å². The SMILES string of the molecule is CC(C)OC1CCC(Nc2cc(F)c(C#N)c(F)c2)CC1. The summed E-state index contributed by atoms with van der Waals surface area (Å²) in [5, 5.41) is 11.8. The maximum atomic E-state index is 13.5. The van der Waals surface area contributed by atoms with Crippen molar-refractivity contribution in [3.05, 3.63) is 29.3 Å². The Morgan fingerprint density at radius 3 is 2.24 bits per heavy atom. The van der Waals surface area contributed by atoms with Gasteiger partial charge in [-0.05, 0) is 51.7 Å². The van der Waals surface area contributed by atoms with Gasteiger partial charge in [0.2, 0.25) is 0 Å². The van der Waals surface area contributed by atoms with Crippen LogP contribution in [0.1, 0.15) is 45.1 Å². The zero-order chi connectivity index (χ0) is 15.4. The quantitative estimate of drug-likeness (QED) is 0.913. The van der Waals surface area contributed by atoms with Gasteiger partial charge in [-0.25, -0.2) is 8.78 Å². The van der Waals surface area contributed by atoms with E-state index < -0.39 is 17.2 Å². The highest BCUT2D eigenvalue weighted by atomic mass is 19.1. The smallest absolute Gasteiger partial charge is 0.146 e. The fraction of sp³-hybridized carbons (Fsp3) is 0.562. The molecule has 5 heteroatoms. The van der Waals surface area contributed by atoms with E-state index in [1.54, 1.807) is 0 Å². The molecule has 2 rings (SSSR count). The first kappa shape index (κ1) is 15.7. The number of nitrogens with one attached hydrogen (secondary N) is 1. The van der Waals surface area contributed by atoms with Gasteiger partial charge in [0.15, 0.2) is 0 Å². The fourth-order valence-electron chi connectivity index (χ4n) is 2.73. The van der Waals surface area contributed by atoms with Crippen LogP contribution in [-0.2, 0) is 4.74 Å². The summed E-state index contributed by atoms with van der Waals surface area (Å²) in [6.45, 7) is 4.04. The van der Waals surface area contributed by atoms with Crippen molar-refractivity contribution in [2.75, 3.05) is 5.32 Å². The Labute approximate surface area is 123 Å². The van der Waals surface area contributed by atoms with Gasteiger partial charge in [0, 0.05) is 11.7 Å². The largest absolute Gasteiger partial charge is 0.382 e.